The number of unbranched alkanes of at least 4 members (excludes halogenated alkanes) is 2. The Morgan fingerprint density at radius 2 is 1.88 bits per heavy atom. The number of hydrogen-bond donors (Lipinski definition) is 1. The van der Waals surface area contributed by atoms with Crippen molar-refractivity contribution in [3.63, 3.8) is 0 Å². The summed E-state index contributed by atoms with van der Waals surface area (Å²) in [5.74, 6) is -0.274. The number of carbonyl (C=O) groups is 1. The highest BCUT2D eigenvalue weighted by molar-refractivity contribution is 5.97. The molecule has 0 radical (unpaired) electrons. The standard InChI is InChI=1S/C15H22O2/c1-3-4-6-11-14(16)12(2)15(17)13-9-7-5-8-10-13/h5,7-10,12,14,16H,3-4,6,11H2,1-2H3/t12-,14-/m1/s1. The Kier molecular flexibility index (Phi) is 5.92. The minimum Gasteiger partial charge on any atom is -0.392 e. The van der Waals surface area contributed by atoms with Crippen molar-refractivity contribution in [3.05, 3.63) is 35.9 Å². The molecule has 1 aromatic carbocycles. The van der Waals surface area contributed by atoms with Crippen LogP contribution in [0.3, 0.4) is 0 Å². The maximum atomic E-state index is 12.1. The van der Waals surface area contributed by atoms with Gasteiger partial charge in [0.1, 0.15) is 0 Å². The zero-order valence-corrected chi connectivity index (χ0v) is 10.7. The van der Waals surface area contributed by atoms with Crippen LogP contribution in [0.15, 0.2) is 30.3 Å². The number of benzene rings is 1. The van der Waals surface area contributed by atoms with Crippen molar-refractivity contribution in [1.29, 1.82) is 0 Å². The van der Waals surface area contributed by atoms with Crippen LogP contribution in [0.5, 0.6) is 0 Å². The van der Waals surface area contributed by atoms with Crippen LogP contribution in [0.1, 0.15) is 49.9 Å². The van der Waals surface area contributed by atoms with Crippen molar-refractivity contribution in [3.8, 4) is 0 Å². The number of rotatable bonds is 7. The lowest BCUT2D eigenvalue weighted by Crippen LogP contribution is -2.25. The van der Waals surface area contributed by atoms with Crippen molar-refractivity contribution in [1.82, 2.24) is 0 Å². The van der Waals surface area contributed by atoms with E-state index in [1.165, 1.54) is 0 Å². The molecule has 0 fully saturated rings. The van der Waals surface area contributed by atoms with E-state index in [2.05, 4.69) is 6.92 Å². The van der Waals surface area contributed by atoms with Crippen molar-refractivity contribution in [2.24, 2.45) is 5.92 Å². The molecule has 2 nitrogen and oxygen atoms in total. The fourth-order valence-electron chi connectivity index (χ4n) is 1.89. The highest BCUT2D eigenvalue weighted by Gasteiger charge is 2.22. The van der Waals surface area contributed by atoms with Crippen LogP contribution < -0.4 is 0 Å². The van der Waals surface area contributed by atoms with Gasteiger partial charge in [-0.3, -0.25) is 4.79 Å². The lowest BCUT2D eigenvalue weighted by atomic mass is 9.91. The lowest BCUT2D eigenvalue weighted by Gasteiger charge is -2.17. The summed E-state index contributed by atoms with van der Waals surface area (Å²) in [6.07, 6.45) is 3.43. The van der Waals surface area contributed by atoms with Gasteiger partial charge in [0, 0.05) is 11.5 Å². The van der Waals surface area contributed by atoms with E-state index in [1.807, 2.05) is 25.1 Å². The van der Waals surface area contributed by atoms with Crippen molar-refractivity contribution in [2.75, 3.05) is 0 Å². The number of Topliss-reactive ketones (excluding diaryl/α,β-unsaturated/α-hetero) is 1. The van der Waals surface area contributed by atoms with E-state index in [1.54, 1.807) is 12.1 Å². The summed E-state index contributed by atoms with van der Waals surface area (Å²) in [7, 11) is 0. The van der Waals surface area contributed by atoms with Crippen LogP contribution in [-0.4, -0.2) is 17.0 Å². The lowest BCUT2D eigenvalue weighted by molar-refractivity contribution is 0.0683. The fourth-order valence-corrected chi connectivity index (χ4v) is 1.89. The minimum absolute atomic E-state index is 0.0367. The molecule has 0 aliphatic heterocycles. The molecule has 0 aliphatic carbocycles. The summed E-state index contributed by atoms with van der Waals surface area (Å²) >= 11 is 0. The van der Waals surface area contributed by atoms with Crippen molar-refractivity contribution >= 4 is 5.78 Å². The van der Waals surface area contributed by atoms with Crippen LogP contribution >= 0.6 is 0 Å². The maximum Gasteiger partial charge on any atom is 0.168 e. The number of hydrogen-bond acceptors (Lipinski definition) is 2. The normalized spacial score (nSPS) is 14.3. The zero-order chi connectivity index (χ0) is 12.7. The molecular weight excluding hydrogens is 212 g/mol. The minimum atomic E-state index is -0.519. The molecule has 1 rings (SSSR count). The molecule has 0 aliphatic rings. The zero-order valence-electron chi connectivity index (χ0n) is 10.7. The SMILES string of the molecule is CCCCC[C@@H](O)[C@@H](C)C(=O)c1ccccc1. The third kappa shape index (κ3) is 4.31. The van der Waals surface area contributed by atoms with Crippen LogP contribution in [0.2, 0.25) is 0 Å². The Bertz CT molecular complexity index is 332. The average Bonchev–Trinajstić information content (AvgIpc) is 2.38. The first-order valence-electron chi connectivity index (χ1n) is 6.44. The first kappa shape index (κ1) is 13.9. The summed E-state index contributed by atoms with van der Waals surface area (Å²) in [6.45, 7) is 3.94. The van der Waals surface area contributed by atoms with Gasteiger partial charge in [-0.25, -0.2) is 0 Å². The monoisotopic (exact) mass is 234 g/mol. The van der Waals surface area contributed by atoms with Crippen molar-refractivity contribution < 1.29 is 9.90 Å². The first-order chi connectivity index (χ1) is 8.16. The van der Waals surface area contributed by atoms with Crippen molar-refractivity contribution in [2.45, 2.75) is 45.6 Å². The smallest absolute Gasteiger partial charge is 0.168 e. The van der Waals surface area contributed by atoms with Crippen LogP contribution in [0, 0.1) is 5.92 Å². The molecule has 0 amide bonds. The van der Waals surface area contributed by atoms with E-state index < -0.39 is 6.10 Å². The number of aliphatic hydroxyl groups excluding tert-OH is 1. The van der Waals surface area contributed by atoms with Gasteiger partial charge in [0.15, 0.2) is 5.78 Å². The summed E-state index contributed by atoms with van der Waals surface area (Å²) in [5.41, 5.74) is 0.689. The quantitative estimate of drug-likeness (QED) is 0.579. The highest BCUT2D eigenvalue weighted by atomic mass is 16.3. The van der Waals surface area contributed by atoms with E-state index in [4.69, 9.17) is 0 Å². The molecule has 0 unspecified atom stereocenters. The van der Waals surface area contributed by atoms with Gasteiger partial charge in [0.05, 0.1) is 6.10 Å². The summed E-state index contributed by atoms with van der Waals surface area (Å²) < 4.78 is 0. The van der Waals surface area contributed by atoms with Gasteiger partial charge in [-0.2, -0.15) is 0 Å². The molecule has 1 N–H and O–H groups in total. The Morgan fingerprint density at radius 3 is 2.47 bits per heavy atom. The second-order valence-electron chi connectivity index (χ2n) is 4.58. The van der Waals surface area contributed by atoms with Gasteiger partial charge in [-0.15, -0.1) is 0 Å². The number of ketones is 1. The van der Waals surface area contributed by atoms with E-state index in [-0.39, 0.29) is 11.7 Å². The molecule has 0 saturated carbocycles. The molecule has 2 atom stereocenters. The Morgan fingerprint density at radius 1 is 1.24 bits per heavy atom. The molecular formula is C15H22O2. The molecule has 94 valence electrons. The van der Waals surface area contributed by atoms with Gasteiger partial charge < -0.3 is 5.11 Å². The first-order valence-corrected chi connectivity index (χ1v) is 6.44. The molecule has 0 saturated heterocycles. The predicted octanol–water partition coefficient (Wildman–Crippen LogP) is 3.45. The Hall–Kier alpha value is -1.15. The summed E-state index contributed by atoms with van der Waals surface area (Å²) in [5, 5.41) is 9.96. The third-order valence-electron chi connectivity index (χ3n) is 3.15. The molecule has 0 aromatic heterocycles. The largest absolute Gasteiger partial charge is 0.392 e. The third-order valence-corrected chi connectivity index (χ3v) is 3.15. The van der Waals surface area contributed by atoms with E-state index in [0.29, 0.717) is 12.0 Å². The van der Waals surface area contributed by atoms with E-state index in [0.717, 1.165) is 19.3 Å². The van der Waals surface area contributed by atoms with Crippen LogP contribution in [0.4, 0.5) is 0 Å². The Labute approximate surface area is 104 Å². The maximum absolute atomic E-state index is 12.1. The van der Waals surface area contributed by atoms with Gasteiger partial charge in [0.2, 0.25) is 0 Å². The summed E-state index contributed by atoms with van der Waals surface area (Å²) in [6, 6.07) is 9.20. The Balaban J connectivity index is 2.51. The molecule has 17 heavy (non-hydrogen) atoms. The van der Waals surface area contributed by atoms with Crippen LogP contribution in [0.25, 0.3) is 0 Å². The second kappa shape index (κ2) is 7.23. The van der Waals surface area contributed by atoms with Gasteiger partial charge >= 0.3 is 0 Å². The molecule has 0 heterocycles. The van der Waals surface area contributed by atoms with Gasteiger partial charge in [-0.1, -0.05) is 63.4 Å². The molecule has 0 bridgehead atoms. The van der Waals surface area contributed by atoms with Crippen LogP contribution in [-0.2, 0) is 0 Å². The molecule has 0 spiro atoms. The average molecular weight is 234 g/mol. The highest BCUT2D eigenvalue weighted by Crippen LogP contribution is 2.16. The molecule has 1 aromatic rings. The summed E-state index contributed by atoms with van der Waals surface area (Å²) in [4.78, 5) is 12.1. The number of carbonyl (C=O) groups excluding carboxylic acids is 1. The van der Waals surface area contributed by atoms with Gasteiger partial charge in [0.25, 0.3) is 0 Å². The van der Waals surface area contributed by atoms with E-state index >= 15 is 0 Å². The second-order valence-corrected chi connectivity index (χ2v) is 4.58. The fraction of sp³-hybridized carbons (Fsp3) is 0.533. The molecule has 2 heteroatoms. The van der Waals surface area contributed by atoms with E-state index in [9.17, 15) is 9.90 Å². The predicted molar refractivity (Wildman–Crippen MR) is 70.1 cm³/mol. The van der Waals surface area contributed by atoms with Gasteiger partial charge in [-0.05, 0) is 6.42 Å². The topological polar surface area (TPSA) is 37.3 Å². The number of aliphatic hydroxyl groups is 1.